The zero-order valence-electron chi connectivity index (χ0n) is 19.1. The first-order chi connectivity index (χ1) is 17.2. The van der Waals surface area contributed by atoms with Gasteiger partial charge in [-0.3, -0.25) is 5.10 Å². The second kappa shape index (κ2) is 7.55. The molecule has 7 rings (SSSR count). The first-order valence-electron chi connectivity index (χ1n) is 11.6. The summed E-state index contributed by atoms with van der Waals surface area (Å²) in [6, 6.07) is 12.4. The summed E-state index contributed by atoms with van der Waals surface area (Å²) in [6.07, 6.45) is 5.35. The van der Waals surface area contributed by atoms with Crippen molar-refractivity contribution in [3.05, 3.63) is 66.4 Å². The Balaban J connectivity index is 1.34. The van der Waals surface area contributed by atoms with Crippen molar-refractivity contribution in [1.29, 1.82) is 0 Å². The van der Waals surface area contributed by atoms with E-state index in [-0.39, 0.29) is 0 Å². The van der Waals surface area contributed by atoms with Crippen LogP contribution < -0.4 is 9.64 Å². The molecule has 2 aliphatic rings. The normalized spacial score (nSPS) is 17.7. The monoisotopic (exact) mass is 462 g/mol. The van der Waals surface area contributed by atoms with Gasteiger partial charge in [0.05, 0.1) is 35.7 Å². The molecule has 0 amide bonds. The fourth-order valence-electron chi connectivity index (χ4n) is 5.27. The minimum absolute atomic E-state index is 0.382. The molecule has 35 heavy (non-hydrogen) atoms. The average molecular weight is 463 g/mol. The minimum Gasteiger partial charge on any atom is -0.489 e. The van der Waals surface area contributed by atoms with E-state index in [4.69, 9.17) is 11.3 Å². The Morgan fingerprint density at radius 2 is 2.11 bits per heavy atom. The molecular weight excluding hydrogens is 440 g/mol. The predicted molar refractivity (Wildman–Crippen MR) is 134 cm³/mol. The van der Waals surface area contributed by atoms with Crippen molar-refractivity contribution < 1.29 is 4.74 Å². The molecule has 5 aromatic rings. The lowest BCUT2D eigenvalue weighted by atomic mass is 10.00. The van der Waals surface area contributed by atoms with Gasteiger partial charge in [-0.1, -0.05) is 12.1 Å². The van der Waals surface area contributed by atoms with Gasteiger partial charge in [0.25, 0.3) is 0 Å². The third-order valence-electron chi connectivity index (χ3n) is 7.03. The Hall–Kier alpha value is -4.42. The lowest BCUT2D eigenvalue weighted by Crippen LogP contribution is -2.56. The number of piperazine rings is 1. The number of likely N-dealkylation sites (N-methyl/N-ethyl adjacent to an activating group) is 1. The highest BCUT2D eigenvalue weighted by Crippen LogP contribution is 2.41. The topological polar surface area (TPSA) is 78.9 Å². The molecule has 1 saturated heterocycles. The van der Waals surface area contributed by atoms with Crippen LogP contribution in [0.1, 0.15) is 0 Å². The summed E-state index contributed by atoms with van der Waals surface area (Å²) in [4.78, 5) is 13.1. The van der Waals surface area contributed by atoms with Gasteiger partial charge in [0.15, 0.2) is 11.3 Å². The number of H-pyrrole nitrogens is 1. The molecule has 9 heteroatoms. The molecule has 0 spiro atoms. The fraction of sp³-hybridized carbons (Fsp3) is 0.231. The SMILES string of the molecule is [C-]#[N+]c1cc2[nH]nc(-c3ccc4c(c3)OCC3CN(C)CCN43)c2cc1-c1cnn2cccnc12. The summed E-state index contributed by atoms with van der Waals surface area (Å²) < 4.78 is 7.91. The smallest absolute Gasteiger partial charge is 0.197 e. The Bertz CT molecular complexity index is 1640. The van der Waals surface area contributed by atoms with E-state index in [2.05, 4.69) is 60.2 Å². The highest BCUT2D eigenvalue weighted by molar-refractivity contribution is 6.01. The summed E-state index contributed by atoms with van der Waals surface area (Å²) in [5, 5.41) is 13.1. The van der Waals surface area contributed by atoms with Crippen LogP contribution in [0, 0.1) is 6.57 Å². The van der Waals surface area contributed by atoms with Crippen LogP contribution in [0.4, 0.5) is 11.4 Å². The molecule has 1 N–H and O–H groups in total. The third kappa shape index (κ3) is 3.07. The molecule has 0 saturated carbocycles. The van der Waals surface area contributed by atoms with E-state index in [1.54, 1.807) is 16.9 Å². The molecule has 1 atom stereocenters. The highest BCUT2D eigenvalue weighted by Gasteiger charge is 2.32. The number of aromatic nitrogens is 5. The maximum Gasteiger partial charge on any atom is 0.197 e. The van der Waals surface area contributed by atoms with Crippen molar-refractivity contribution in [2.75, 3.05) is 38.2 Å². The van der Waals surface area contributed by atoms with Gasteiger partial charge in [-0.15, -0.1) is 0 Å². The lowest BCUT2D eigenvalue weighted by Gasteiger charge is -2.44. The average Bonchev–Trinajstić information content (AvgIpc) is 3.51. The van der Waals surface area contributed by atoms with E-state index in [1.807, 2.05) is 24.4 Å². The molecule has 2 aliphatic heterocycles. The van der Waals surface area contributed by atoms with E-state index in [9.17, 15) is 0 Å². The van der Waals surface area contributed by atoms with Crippen molar-refractivity contribution in [3.63, 3.8) is 0 Å². The van der Waals surface area contributed by atoms with Crippen molar-refractivity contribution in [1.82, 2.24) is 29.7 Å². The molecule has 1 fully saturated rings. The van der Waals surface area contributed by atoms with Crippen LogP contribution in [0.15, 0.2) is 55.0 Å². The summed E-state index contributed by atoms with van der Waals surface area (Å²) in [6.45, 7) is 11.5. The highest BCUT2D eigenvalue weighted by atomic mass is 16.5. The number of fused-ring (bicyclic) bond motifs is 5. The summed E-state index contributed by atoms with van der Waals surface area (Å²) in [7, 11) is 2.16. The molecule has 3 aromatic heterocycles. The van der Waals surface area contributed by atoms with Gasteiger partial charge in [0, 0.05) is 48.5 Å². The second-order valence-corrected chi connectivity index (χ2v) is 9.15. The summed E-state index contributed by atoms with van der Waals surface area (Å²) in [5.74, 6) is 0.893. The van der Waals surface area contributed by atoms with Gasteiger partial charge in [0.2, 0.25) is 0 Å². The van der Waals surface area contributed by atoms with Gasteiger partial charge < -0.3 is 14.5 Å². The first-order valence-corrected chi connectivity index (χ1v) is 11.6. The van der Waals surface area contributed by atoms with Crippen LogP contribution in [0.5, 0.6) is 5.75 Å². The third-order valence-corrected chi connectivity index (χ3v) is 7.03. The van der Waals surface area contributed by atoms with Crippen LogP contribution in [-0.2, 0) is 0 Å². The van der Waals surface area contributed by atoms with Crippen molar-refractivity contribution in [3.8, 4) is 28.1 Å². The van der Waals surface area contributed by atoms with Crippen molar-refractivity contribution >= 4 is 27.9 Å². The van der Waals surface area contributed by atoms with Gasteiger partial charge >= 0.3 is 0 Å². The molecular formula is C26H22N8O. The quantitative estimate of drug-likeness (QED) is 0.400. The number of nitrogens with one attached hydrogen (secondary N) is 1. The standard InChI is InChI=1S/C26H22N8O/c1-27-21-12-22-19(11-18(21)20-13-29-34-7-3-6-28-26(20)34)25(31-30-22)16-4-5-23-24(10-16)35-15-17-14-32(2)8-9-33(17)23/h3-7,10-13,17H,8-9,14-15H2,2H3,(H,30,31). The zero-order chi connectivity index (χ0) is 23.5. The number of benzene rings is 2. The Morgan fingerprint density at radius 1 is 1.17 bits per heavy atom. The summed E-state index contributed by atoms with van der Waals surface area (Å²) in [5.41, 5.74) is 6.62. The molecule has 9 nitrogen and oxygen atoms in total. The first kappa shape index (κ1) is 20.0. The van der Waals surface area contributed by atoms with Crippen LogP contribution in [0.3, 0.4) is 0 Å². The van der Waals surface area contributed by atoms with Crippen LogP contribution in [0.2, 0.25) is 0 Å². The van der Waals surface area contributed by atoms with E-state index in [0.29, 0.717) is 24.0 Å². The molecule has 2 aromatic carbocycles. The number of anilines is 1. The van der Waals surface area contributed by atoms with Gasteiger partial charge in [-0.2, -0.15) is 10.2 Å². The molecule has 0 aliphatic carbocycles. The number of aromatic amines is 1. The maximum atomic E-state index is 7.75. The molecule has 0 bridgehead atoms. The van der Waals surface area contributed by atoms with E-state index in [0.717, 1.165) is 64.4 Å². The van der Waals surface area contributed by atoms with Crippen LogP contribution in [-0.4, -0.2) is 69.0 Å². The molecule has 5 heterocycles. The molecule has 172 valence electrons. The molecule has 1 unspecified atom stereocenters. The Morgan fingerprint density at radius 3 is 3.03 bits per heavy atom. The number of ether oxygens (including phenoxy) is 1. The van der Waals surface area contributed by atoms with Crippen LogP contribution in [0.25, 0.3) is 43.8 Å². The summed E-state index contributed by atoms with van der Waals surface area (Å²) >= 11 is 0. The fourth-order valence-corrected chi connectivity index (χ4v) is 5.27. The number of nitrogens with zero attached hydrogens (tertiary/aromatic N) is 7. The lowest BCUT2D eigenvalue weighted by molar-refractivity contribution is 0.188. The van der Waals surface area contributed by atoms with Crippen molar-refractivity contribution in [2.45, 2.75) is 6.04 Å². The van der Waals surface area contributed by atoms with Gasteiger partial charge in [0.1, 0.15) is 12.4 Å². The van der Waals surface area contributed by atoms with Gasteiger partial charge in [-0.25, -0.2) is 14.3 Å². The van der Waals surface area contributed by atoms with E-state index >= 15 is 0 Å². The second-order valence-electron chi connectivity index (χ2n) is 9.15. The van der Waals surface area contributed by atoms with Crippen LogP contribution >= 0.6 is 0 Å². The number of hydrogen-bond donors (Lipinski definition) is 1. The molecule has 0 radical (unpaired) electrons. The minimum atomic E-state index is 0.382. The maximum absolute atomic E-state index is 7.75. The number of rotatable bonds is 2. The van der Waals surface area contributed by atoms with E-state index < -0.39 is 0 Å². The van der Waals surface area contributed by atoms with Gasteiger partial charge in [-0.05, 0) is 36.9 Å². The largest absolute Gasteiger partial charge is 0.489 e. The predicted octanol–water partition coefficient (Wildman–Crippen LogP) is 4.00. The number of hydrogen-bond acceptors (Lipinski definition) is 6. The zero-order valence-corrected chi connectivity index (χ0v) is 19.1. The Labute approximate surface area is 201 Å². The van der Waals surface area contributed by atoms with E-state index in [1.165, 1.54) is 0 Å². The van der Waals surface area contributed by atoms with Crippen molar-refractivity contribution in [2.24, 2.45) is 0 Å². The Kier molecular flexibility index (Phi) is 4.31.